The fourth-order valence-corrected chi connectivity index (χ4v) is 3.36. The van der Waals surface area contributed by atoms with Gasteiger partial charge >= 0.3 is 0 Å². The summed E-state index contributed by atoms with van der Waals surface area (Å²) < 4.78 is 0. The summed E-state index contributed by atoms with van der Waals surface area (Å²) in [4.78, 5) is 12.9. The van der Waals surface area contributed by atoms with Gasteiger partial charge in [-0.25, -0.2) is 0 Å². The molecule has 0 radical (unpaired) electrons. The number of halogens is 2. The van der Waals surface area contributed by atoms with Crippen molar-refractivity contribution in [1.82, 2.24) is 0 Å². The second-order valence-electron chi connectivity index (χ2n) is 4.71. The van der Waals surface area contributed by atoms with E-state index in [0.717, 1.165) is 16.0 Å². The summed E-state index contributed by atoms with van der Waals surface area (Å²) in [5.74, 6) is 0.182. The lowest BCUT2D eigenvalue weighted by Crippen LogP contribution is -2.15. The summed E-state index contributed by atoms with van der Waals surface area (Å²) >= 11 is 13.6. The first-order valence-electron chi connectivity index (χ1n) is 6.41. The second-order valence-corrected chi connectivity index (χ2v) is 6.54. The minimum Gasteiger partial charge on any atom is -0.324 e. The van der Waals surface area contributed by atoms with Gasteiger partial charge in [0.2, 0.25) is 5.91 Å². The molecule has 1 amide bonds. The van der Waals surface area contributed by atoms with Crippen LogP contribution in [0.3, 0.4) is 0 Å². The molecule has 2 aromatic rings. The van der Waals surface area contributed by atoms with Crippen molar-refractivity contribution < 1.29 is 4.79 Å². The smallest absolute Gasteiger partial charge is 0.234 e. The van der Waals surface area contributed by atoms with E-state index >= 15 is 0 Å². The molecule has 1 N–H and O–H groups in total. The highest BCUT2D eigenvalue weighted by atomic mass is 35.5. The van der Waals surface area contributed by atoms with Gasteiger partial charge in [-0.05, 0) is 43.2 Å². The monoisotopic (exact) mass is 339 g/mol. The Kier molecular flexibility index (Phi) is 5.57. The third kappa shape index (κ3) is 4.40. The molecule has 0 unspecified atom stereocenters. The van der Waals surface area contributed by atoms with E-state index in [9.17, 15) is 4.79 Å². The Labute approximate surface area is 138 Å². The van der Waals surface area contributed by atoms with Crippen LogP contribution in [-0.4, -0.2) is 11.7 Å². The van der Waals surface area contributed by atoms with Gasteiger partial charge < -0.3 is 5.32 Å². The lowest BCUT2D eigenvalue weighted by Gasteiger charge is -2.11. The van der Waals surface area contributed by atoms with Crippen molar-refractivity contribution in [2.75, 3.05) is 11.1 Å². The zero-order chi connectivity index (χ0) is 15.4. The Morgan fingerprint density at radius 2 is 1.86 bits per heavy atom. The average Bonchev–Trinajstić information content (AvgIpc) is 2.42. The zero-order valence-corrected chi connectivity index (χ0v) is 14.1. The zero-order valence-electron chi connectivity index (χ0n) is 11.7. The van der Waals surface area contributed by atoms with Gasteiger partial charge in [-0.2, -0.15) is 0 Å². The van der Waals surface area contributed by atoms with E-state index in [0.29, 0.717) is 15.7 Å². The van der Waals surface area contributed by atoms with E-state index in [2.05, 4.69) is 5.32 Å². The van der Waals surface area contributed by atoms with E-state index in [4.69, 9.17) is 23.2 Å². The SMILES string of the molecule is Cc1cc(C)c(NC(=O)CSc2ccccc2Cl)c(Cl)c1. The summed E-state index contributed by atoms with van der Waals surface area (Å²) in [6, 6.07) is 11.3. The lowest BCUT2D eigenvalue weighted by atomic mass is 10.1. The minimum atomic E-state index is -0.103. The number of carbonyl (C=O) groups is 1. The highest BCUT2D eigenvalue weighted by Gasteiger charge is 2.10. The van der Waals surface area contributed by atoms with Gasteiger partial charge in [-0.15, -0.1) is 11.8 Å². The molecule has 0 aliphatic rings. The summed E-state index contributed by atoms with van der Waals surface area (Å²) in [6.45, 7) is 3.90. The van der Waals surface area contributed by atoms with E-state index in [1.807, 2.05) is 50.2 Å². The van der Waals surface area contributed by atoms with E-state index in [-0.39, 0.29) is 11.7 Å². The van der Waals surface area contributed by atoms with Crippen molar-refractivity contribution >= 4 is 46.6 Å². The fourth-order valence-electron chi connectivity index (χ4n) is 1.95. The molecule has 0 bridgehead atoms. The van der Waals surface area contributed by atoms with Crippen LogP contribution in [-0.2, 0) is 4.79 Å². The number of benzene rings is 2. The maximum Gasteiger partial charge on any atom is 0.234 e. The van der Waals surface area contributed by atoms with Crippen LogP contribution in [0.2, 0.25) is 10.0 Å². The van der Waals surface area contributed by atoms with Crippen LogP contribution in [0.25, 0.3) is 0 Å². The predicted molar refractivity (Wildman–Crippen MR) is 91.7 cm³/mol. The van der Waals surface area contributed by atoms with Crippen LogP contribution < -0.4 is 5.32 Å². The van der Waals surface area contributed by atoms with Gasteiger partial charge in [0.05, 0.1) is 21.5 Å². The summed E-state index contributed by atoms with van der Waals surface area (Å²) in [6.07, 6.45) is 0. The number of amides is 1. The molecule has 0 saturated carbocycles. The van der Waals surface area contributed by atoms with E-state index < -0.39 is 0 Å². The molecular weight excluding hydrogens is 325 g/mol. The highest BCUT2D eigenvalue weighted by Crippen LogP contribution is 2.29. The van der Waals surface area contributed by atoms with E-state index in [1.54, 1.807) is 0 Å². The Balaban J connectivity index is 2.01. The molecular formula is C16H15Cl2NOS. The Morgan fingerprint density at radius 1 is 1.14 bits per heavy atom. The van der Waals surface area contributed by atoms with Crippen LogP contribution in [0, 0.1) is 13.8 Å². The third-order valence-electron chi connectivity index (χ3n) is 2.89. The summed E-state index contributed by atoms with van der Waals surface area (Å²) in [5, 5.41) is 4.07. The average molecular weight is 340 g/mol. The Bertz CT molecular complexity index is 650. The largest absolute Gasteiger partial charge is 0.324 e. The van der Waals surface area contributed by atoms with Gasteiger partial charge in [0.25, 0.3) is 0 Å². The van der Waals surface area contributed by atoms with Crippen LogP contribution >= 0.6 is 35.0 Å². The summed E-state index contributed by atoms with van der Waals surface area (Å²) in [5.41, 5.74) is 2.70. The van der Waals surface area contributed by atoms with E-state index in [1.165, 1.54) is 11.8 Å². The Hall–Kier alpha value is -1.16. The molecule has 2 nitrogen and oxygen atoms in total. The number of anilines is 1. The molecule has 0 atom stereocenters. The quantitative estimate of drug-likeness (QED) is 0.761. The van der Waals surface area contributed by atoms with Crippen LogP contribution in [0.5, 0.6) is 0 Å². The molecule has 0 aromatic heterocycles. The van der Waals surface area contributed by atoms with Crippen molar-refractivity contribution in [3.05, 3.63) is 57.6 Å². The Morgan fingerprint density at radius 3 is 2.52 bits per heavy atom. The van der Waals surface area contributed by atoms with Gasteiger partial charge in [-0.3, -0.25) is 4.79 Å². The fraction of sp³-hybridized carbons (Fsp3) is 0.188. The molecule has 21 heavy (non-hydrogen) atoms. The minimum absolute atomic E-state index is 0.103. The number of hydrogen-bond donors (Lipinski definition) is 1. The first kappa shape index (κ1) is 16.2. The lowest BCUT2D eigenvalue weighted by molar-refractivity contribution is -0.113. The van der Waals surface area contributed by atoms with Crippen LogP contribution in [0.1, 0.15) is 11.1 Å². The predicted octanol–water partition coefficient (Wildman–Crippen LogP) is 5.34. The first-order chi connectivity index (χ1) is 9.97. The van der Waals surface area contributed by atoms with Crippen LogP contribution in [0.4, 0.5) is 5.69 Å². The van der Waals surface area contributed by atoms with Crippen molar-refractivity contribution in [2.24, 2.45) is 0 Å². The maximum atomic E-state index is 12.1. The first-order valence-corrected chi connectivity index (χ1v) is 8.15. The normalized spacial score (nSPS) is 10.5. The number of rotatable bonds is 4. The molecule has 0 spiro atoms. The molecule has 110 valence electrons. The summed E-state index contributed by atoms with van der Waals surface area (Å²) in [7, 11) is 0. The van der Waals surface area contributed by atoms with Crippen molar-refractivity contribution in [2.45, 2.75) is 18.7 Å². The number of hydrogen-bond acceptors (Lipinski definition) is 2. The van der Waals surface area contributed by atoms with Gasteiger partial charge in [-0.1, -0.05) is 41.4 Å². The van der Waals surface area contributed by atoms with Crippen LogP contribution in [0.15, 0.2) is 41.3 Å². The molecule has 0 heterocycles. The molecule has 2 rings (SSSR count). The highest BCUT2D eigenvalue weighted by molar-refractivity contribution is 8.00. The molecule has 0 fully saturated rings. The number of thioether (sulfide) groups is 1. The molecule has 0 aliphatic heterocycles. The number of aryl methyl sites for hydroxylation is 2. The molecule has 0 aliphatic carbocycles. The van der Waals surface area contributed by atoms with Gasteiger partial charge in [0, 0.05) is 4.90 Å². The standard InChI is InChI=1S/C16H15Cl2NOS/c1-10-7-11(2)16(13(18)8-10)19-15(20)9-21-14-6-4-3-5-12(14)17/h3-8H,9H2,1-2H3,(H,19,20). The van der Waals surface area contributed by atoms with Crippen molar-refractivity contribution in [3.63, 3.8) is 0 Å². The number of carbonyl (C=O) groups excluding carboxylic acids is 1. The van der Waals surface area contributed by atoms with Gasteiger partial charge in [0.1, 0.15) is 0 Å². The van der Waals surface area contributed by atoms with Crippen molar-refractivity contribution in [1.29, 1.82) is 0 Å². The molecule has 0 saturated heterocycles. The molecule has 5 heteroatoms. The molecule has 2 aromatic carbocycles. The third-order valence-corrected chi connectivity index (χ3v) is 4.70. The topological polar surface area (TPSA) is 29.1 Å². The number of nitrogens with one attached hydrogen (secondary N) is 1. The second kappa shape index (κ2) is 7.21. The van der Waals surface area contributed by atoms with Crippen molar-refractivity contribution in [3.8, 4) is 0 Å². The maximum absolute atomic E-state index is 12.1. The van der Waals surface area contributed by atoms with Gasteiger partial charge in [0.15, 0.2) is 0 Å².